The highest BCUT2D eigenvalue weighted by atomic mass is 16.5. The van der Waals surface area contributed by atoms with Crippen LogP contribution in [0.5, 0.6) is 0 Å². The summed E-state index contributed by atoms with van der Waals surface area (Å²) in [5.41, 5.74) is 6.47. The van der Waals surface area contributed by atoms with E-state index in [1.165, 1.54) is 45.2 Å². The Bertz CT molecular complexity index is 236. The number of hydrogen-bond acceptors (Lipinski definition) is 3. The van der Waals surface area contributed by atoms with E-state index in [9.17, 15) is 0 Å². The molecule has 1 aliphatic heterocycles. The molecule has 0 radical (unpaired) electrons. The van der Waals surface area contributed by atoms with Crippen LogP contribution in [0.3, 0.4) is 0 Å². The van der Waals surface area contributed by atoms with Crippen molar-refractivity contribution in [3.05, 3.63) is 0 Å². The molecule has 1 aliphatic carbocycles. The molecule has 0 amide bonds. The van der Waals surface area contributed by atoms with Crippen LogP contribution in [0.4, 0.5) is 0 Å². The second kappa shape index (κ2) is 5.68. The monoisotopic (exact) mass is 240 g/mol. The fourth-order valence-corrected chi connectivity index (χ4v) is 3.41. The van der Waals surface area contributed by atoms with Crippen LogP contribution in [0.2, 0.25) is 0 Å². The fourth-order valence-electron chi connectivity index (χ4n) is 3.41. The molecule has 0 aromatic heterocycles. The minimum absolute atomic E-state index is 0.398. The number of nitrogens with two attached hydrogens (primary N) is 1. The average molecular weight is 240 g/mol. The van der Waals surface area contributed by atoms with Gasteiger partial charge in [-0.2, -0.15) is 0 Å². The normalized spacial score (nSPS) is 39.7. The zero-order valence-electron chi connectivity index (χ0n) is 11.5. The topological polar surface area (TPSA) is 38.5 Å². The van der Waals surface area contributed by atoms with E-state index in [1.807, 2.05) is 7.11 Å². The summed E-state index contributed by atoms with van der Waals surface area (Å²) in [4.78, 5) is 2.57. The summed E-state index contributed by atoms with van der Waals surface area (Å²) >= 11 is 0. The second-order valence-electron chi connectivity index (χ2n) is 6.27. The maximum atomic E-state index is 6.07. The highest BCUT2D eigenvalue weighted by Gasteiger charge is 2.36. The summed E-state index contributed by atoms with van der Waals surface area (Å²) in [6.07, 6.45) is 7.00. The molecule has 0 spiro atoms. The Labute approximate surface area is 106 Å². The Kier molecular flexibility index (Phi) is 4.45. The quantitative estimate of drug-likeness (QED) is 0.815. The molecule has 17 heavy (non-hydrogen) atoms. The number of hydrogen-bond donors (Lipinski definition) is 1. The lowest BCUT2D eigenvalue weighted by Crippen LogP contribution is -2.44. The van der Waals surface area contributed by atoms with Gasteiger partial charge in [0.15, 0.2) is 0 Å². The molecule has 2 N–H and O–H groups in total. The van der Waals surface area contributed by atoms with Crippen LogP contribution in [-0.2, 0) is 4.74 Å². The van der Waals surface area contributed by atoms with Gasteiger partial charge in [0.1, 0.15) is 0 Å². The van der Waals surface area contributed by atoms with Gasteiger partial charge in [-0.15, -0.1) is 0 Å². The van der Waals surface area contributed by atoms with Crippen molar-refractivity contribution < 1.29 is 4.74 Å². The maximum absolute atomic E-state index is 6.07. The average Bonchev–Trinajstić information content (AvgIpc) is 2.80. The number of rotatable bonds is 4. The Balaban J connectivity index is 1.87. The highest BCUT2D eigenvalue weighted by Crippen LogP contribution is 2.39. The highest BCUT2D eigenvalue weighted by molar-refractivity contribution is 4.90. The predicted molar refractivity (Wildman–Crippen MR) is 71.0 cm³/mol. The maximum Gasteiger partial charge on any atom is 0.0710 e. The van der Waals surface area contributed by atoms with Crippen LogP contribution < -0.4 is 5.73 Å². The standard InChI is InChI=1S/C14H28N2O/c1-12-3-6-14(10-15,7-4-12)11-16-8-5-13(9-16)17-2/h12-13H,3-11,15H2,1-2H3. The summed E-state index contributed by atoms with van der Waals surface area (Å²) in [7, 11) is 1.83. The van der Waals surface area contributed by atoms with E-state index in [1.54, 1.807) is 0 Å². The fraction of sp³-hybridized carbons (Fsp3) is 1.00. The van der Waals surface area contributed by atoms with Gasteiger partial charge < -0.3 is 15.4 Å². The Hall–Kier alpha value is -0.120. The van der Waals surface area contributed by atoms with E-state index < -0.39 is 0 Å². The largest absolute Gasteiger partial charge is 0.380 e. The second-order valence-corrected chi connectivity index (χ2v) is 6.27. The first-order valence-corrected chi connectivity index (χ1v) is 7.13. The van der Waals surface area contributed by atoms with Crippen LogP contribution in [0.25, 0.3) is 0 Å². The molecule has 0 bridgehead atoms. The molecule has 3 nitrogen and oxygen atoms in total. The number of methoxy groups -OCH3 is 1. The van der Waals surface area contributed by atoms with Gasteiger partial charge >= 0.3 is 0 Å². The molecule has 1 saturated heterocycles. The van der Waals surface area contributed by atoms with Crippen molar-refractivity contribution >= 4 is 0 Å². The van der Waals surface area contributed by atoms with Gasteiger partial charge in [0.25, 0.3) is 0 Å². The van der Waals surface area contributed by atoms with Gasteiger partial charge in [0.05, 0.1) is 6.10 Å². The molecule has 1 heterocycles. The van der Waals surface area contributed by atoms with Crippen molar-refractivity contribution in [1.29, 1.82) is 0 Å². The molecular formula is C14H28N2O. The van der Waals surface area contributed by atoms with Crippen molar-refractivity contribution in [2.75, 3.05) is 33.3 Å². The van der Waals surface area contributed by atoms with Gasteiger partial charge in [-0.25, -0.2) is 0 Å². The third kappa shape index (κ3) is 3.21. The zero-order chi connectivity index (χ0) is 12.3. The van der Waals surface area contributed by atoms with E-state index in [0.29, 0.717) is 11.5 Å². The van der Waals surface area contributed by atoms with E-state index in [4.69, 9.17) is 10.5 Å². The van der Waals surface area contributed by atoms with Gasteiger partial charge in [0.2, 0.25) is 0 Å². The Morgan fingerprint density at radius 1 is 1.29 bits per heavy atom. The van der Waals surface area contributed by atoms with Gasteiger partial charge in [-0.3, -0.25) is 0 Å². The first-order valence-electron chi connectivity index (χ1n) is 7.13. The molecule has 0 aromatic rings. The molecule has 2 rings (SSSR count). The van der Waals surface area contributed by atoms with Crippen molar-refractivity contribution in [2.24, 2.45) is 17.1 Å². The first kappa shape index (κ1) is 13.3. The van der Waals surface area contributed by atoms with Crippen LogP contribution in [-0.4, -0.2) is 44.3 Å². The van der Waals surface area contributed by atoms with Crippen LogP contribution in [0.15, 0.2) is 0 Å². The van der Waals surface area contributed by atoms with E-state index >= 15 is 0 Å². The molecule has 0 aromatic carbocycles. The van der Waals surface area contributed by atoms with Crippen molar-refractivity contribution in [3.8, 4) is 0 Å². The molecule has 1 atom stereocenters. The zero-order valence-corrected chi connectivity index (χ0v) is 11.5. The first-order chi connectivity index (χ1) is 8.17. The minimum atomic E-state index is 0.398. The van der Waals surface area contributed by atoms with E-state index in [2.05, 4.69) is 11.8 Å². The van der Waals surface area contributed by atoms with Crippen molar-refractivity contribution in [1.82, 2.24) is 4.90 Å². The van der Waals surface area contributed by atoms with E-state index in [-0.39, 0.29) is 0 Å². The van der Waals surface area contributed by atoms with Gasteiger partial charge in [-0.05, 0) is 37.1 Å². The molecule has 2 fully saturated rings. The number of ether oxygens (including phenoxy) is 1. The summed E-state index contributed by atoms with van der Waals surface area (Å²) < 4.78 is 5.44. The number of likely N-dealkylation sites (tertiary alicyclic amines) is 1. The van der Waals surface area contributed by atoms with Crippen molar-refractivity contribution in [2.45, 2.75) is 45.1 Å². The lowest BCUT2D eigenvalue weighted by molar-refractivity contribution is 0.0803. The van der Waals surface area contributed by atoms with E-state index in [0.717, 1.165) is 19.0 Å². The summed E-state index contributed by atoms with van der Waals surface area (Å²) in [6, 6.07) is 0. The summed E-state index contributed by atoms with van der Waals surface area (Å²) in [6.45, 7) is 6.71. The molecule has 1 unspecified atom stereocenters. The third-order valence-electron chi connectivity index (χ3n) is 4.89. The molecular weight excluding hydrogens is 212 g/mol. The minimum Gasteiger partial charge on any atom is -0.380 e. The number of nitrogens with zero attached hydrogens (tertiary/aromatic N) is 1. The Morgan fingerprint density at radius 2 is 2.00 bits per heavy atom. The third-order valence-corrected chi connectivity index (χ3v) is 4.89. The van der Waals surface area contributed by atoms with Gasteiger partial charge in [-0.1, -0.05) is 19.8 Å². The summed E-state index contributed by atoms with van der Waals surface area (Å²) in [5.74, 6) is 0.903. The Morgan fingerprint density at radius 3 is 2.53 bits per heavy atom. The predicted octanol–water partition coefficient (Wildman–Crippen LogP) is 1.86. The molecule has 100 valence electrons. The van der Waals surface area contributed by atoms with Crippen LogP contribution >= 0.6 is 0 Å². The van der Waals surface area contributed by atoms with Crippen LogP contribution in [0.1, 0.15) is 39.0 Å². The van der Waals surface area contributed by atoms with Crippen molar-refractivity contribution in [3.63, 3.8) is 0 Å². The SMILES string of the molecule is COC1CCN(CC2(CN)CCC(C)CC2)C1. The van der Waals surface area contributed by atoms with Crippen LogP contribution in [0, 0.1) is 11.3 Å². The molecule has 2 aliphatic rings. The lowest BCUT2D eigenvalue weighted by atomic mass is 9.70. The summed E-state index contributed by atoms with van der Waals surface area (Å²) in [5, 5.41) is 0. The molecule has 3 heteroatoms. The lowest BCUT2D eigenvalue weighted by Gasteiger charge is -2.41. The smallest absolute Gasteiger partial charge is 0.0710 e. The van der Waals surface area contributed by atoms with Gasteiger partial charge in [0, 0.05) is 26.7 Å². The molecule has 1 saturated carbocycles.